The molecule has 38 heavy (non-hydrogen) atoms. The second-order valence-electron chi connectivity index (χ2n) is 10.7. The Morgan fingerprint density at radius 3 is 2.18 bits per heavy atom. The van der Waals surface area contributed by atoms with Crippen molar-refractivity contribution >= 4 is 5.91 Å². The number of unbranched alkanes of at least 4 members (excludes halogenated alkanes) is 11. The highest BCUT2D eigenvalue weighted by molar-refractivity contribution is 5.76. The van der Waals surface area contributed by atoms with Crippen molar-refractivity contribution in [2.45, 2.75) is 147 Å². The Morgan fingerprint density at radius 1 is 0.947 bits per heavy atom. The van der Waals surface area contributed by atoms with Gasteiger partial charge in [-0.05, 0) is 45.4 Å². The highest BCUT2D eigenvalue weighted by Crippen LogP contribution is 2.24. The van der Waals surface area contributed by atoms with Crippen LogP contribution in [0.2, 0.25) is 0 Å². The van der Waals surface area contributed by atoms with Crippen molar-refractivity contribution in [3.8, 4) is 0 Å². The monoisotopic (exact) mass is 541 g/mol. The summed E-state index contributed by atoms with van der Waals surface area (Å²) in [7, 11) is 4.96. The summed E-state index contributed by atoms with van der Waals surface area (Å²) in [5.41, 5.74) is 0. The number of allylic oxidation sites excluding steroid dienone is 2. The number of ether oxygens (including phenoxy) is 5. The first-order valence-electron chi connectivity index (χ1n) is 15.3. The van der Waals surface area contributed by atoms with Gasteiger partial charge in [-0.2, -0.15) is 0 Å². The lowest BCUT2D eigenvalue weighted by Gasteiger charge is -2.41. The minimum absolute atomic E-state index is 0.0335. The highest BCUT2D eigenvalue weighted by atomic mass is 16.7. The van der Waals surface area contributed by atoms with Gasteiger partial charge in [-0.25, -0.2) is 0 Å². The molecule has 0 aromatic carbocycles. The van der Waals surface area contributed by atoms with E-state index in [1.165, 1.54) is 70.6 Å². The van der Waals surface area contributed by atoms with Crippen LogP contribution in [0.1, 0.15) is 117 Å². The summed E-state index contributed by atoms with van der Waals surface area (Å²) in [5.74, 6) is 0.0335. The molecule has 0 aromatic heterocycles. The van der Waals surface area contributed by atoms with E-state index < -0.39 is 6.29 Å². The van der Waals surface area contributed by atoms with Gasteiger partial charge in [0.05, 0.1) is 24.9 Å². The molecule has 1 saturated heterocycles. The highest BCUT2D eigenvalue weighted by Gasteiger charge is 2.40. The number of nitrogens with one attached hydrogen (secondary N) is 1. The van der Waals surface area contributed by atoms with Gasteiger partial charge in [0, 0.05) is 40.8 Å². The number of rotatable bonds is 24. The van der Waals surface area contributed by atoms with E-state index >= 15 is 0 Å². The predicted molar refractivity (Wildman–Crippen MR) is 154 cm³/mol. The number of carbonyl (C=O) groups is 1. The SMILES string of the molecule is CCCCCC/C=C\CCCCCCCCCC(=O)N[C@H]1[C@H](OC)O[C@H](COC)C[C@@H]1OCC[C@@H](C)OC. The van der Waals surface area contributed by atoms with Crippen molar-refractivity contribution < 1.29 is 28.5 Å². The van der Waals surface area contributed by atoms with Crippen molar-refractivity contribution in [2.75, 3.05) is 34.5 Å². The van der Waals surface area contributed by atoms with E-state index in [9.17, 15) is 4.79 Å². The van der Waals surface area contributed by atoms with Gasteiger partial charge >= 0.3 is 0 Å². The average Bonchev–Trinajstić information content (AvgIpc) is 2.91. The number of hydrogen-bond donors (Lipinski definition) is 1. The van der Waals surface area contributed by atoms with Gasteiger partial charge in [0.15, 0.2) is 6.29 Å². The normalized spacial score (nSPS) is 22.7. The Balaban J connectivity index is 2.24. The van der Waals surface area contributed by atoms with E-state index in [4.69, 9.17) is 23.7 Å². The Labute approximate surface area is 233 Å². The molecule has 1 aliphatic rings. The van der Waals surface area contributed by atoms with Crippen molar-refractivity contribution in [1.82, 2.24) is 5.32 Å². The molecule has 0 aromatic rings. The fraction of sp³-hybridized carbons (Fsp3) is 0.903. The molecule has 0 radical (unpaired) electrons. The Hall–Kier alpha value is -0.990. The van der Waals surface area contributed by atoms with Crippen LogP contribution in [0.5, 0.6) is 0 Å². The summed E-state index contributed by atoms with van der Waals surface area (Å²) in [6.45, 7) is 5.30. The third kappa shape index (κ3) is 16.9. The summed E-state index contributed by atoms with van der Waals surface area (Å²) < 4.78 is 28.4. The van der Waals surface area contributed by atoms with Crippen LogP contribution in [0.4, 0.5) is 0 Å². The van der Waals surface area contributed by atoms with Crippen molar-refractivity contribution in [3.05, 3.63) is 12.2 Å². The van der Waals surface area contributed by atoms with Crippen LogP contribution in [-0.2, 0) is 28.5 Å². The second kappa shape index (κ2) is 23.9. The standard InChI is InChI=1S/C31H59NO6/c1-6-7-8-9-10-11-12-13-14-15-16-17-18-19-20-21-29(33)32-30-28(37-23-22-26(2)35-4)24-27(25-34-3)38-31(30)36-5/h11-12,26-28,30-31H,6-10,13-25H2,1-5H3,(H,32,33)/b12-11-/t26-,27+,28+,30-,31-/m1/s1. The van der Waals surface area contributed by atoms with Crippen molar-refractivity contribution in [3.63, 3.8) is 0 Å². The van der Waals surface area contributed by atoms with Gasteiger partial charge in [0.2, 0.25) is 5.91 Å². The van der Waals surface area contributed by atoms with E-state index in [0.717, 1.165) is 19.3 Å². The molecule has 1 heterocycles. The third-order valence-corrected chi connectivity index (χ3v) is 7.35. The van der Waals surface area contributed by atoms with Gasteiger partial charge in [-0.3, -0.25) is 4.79 Å². The maximum absolute atomic E-state index is 12.8. The molecule has 1 amide bonds. The Kier molecular flexibility index (Phi) is 22.0. The molecule has 7 nitrogen and oxygen atoms in total. The molecule has 0 unspecified atom stereocenters. The van der Waals surface area contributed by atoms with Crippen LogP contribution in [0, 0.1) is 0 Å². The van der Waals surface area contributed by atoms with Crippen LogP contribution in [-0.4, -0.2) is 71.1 Å². The summed E-state index contributed by atoms with van der Waals surface area (Å²) >= 11 is 0. The average molecular weight is 542 g/mol. The largest absolute Gasteiger partial charge is 0.382 e. The third-order valence-electron chi connectivity index (χ3n) is 7.35. The lowest BCUT2D eigenvalue weighted by Crippen LogP contribution is -2.59. The smallest absolute Gasteiger partial charge is 0.220 e. The number of carbonyl (C=O) groups excluding carboxylic acids is 1. The van der Waals surface area contributed by atoms with Gasteiger partial charge in [0.25, 0.3) is 0 Å². The molecule has 1 fully saturated rings. The molecule has 1 rings (SSSR count). The molecule has 0 aliphatic carbocycles. The maximum atomic E-state index is 12.8. The minimum Gasteiger partial charge on any atom is -0.382 e. The lowest BCUT2D eigenvalue weighted by atomic mass is 9.99. The quantitative estimate of drug-likeness (QED) is 0.108. The summed E-state index contributed by atoms with van der Waals surface area (Å²) in [6.07, 6.45) is 22.1. The summed E-state index contributed by atoms with van der Waals surface area (Å²) in [5, 5.41) is 3.14. The van der Waals surface area contributed by atoms with Crippen molar-refractivity contribution in [2.24, 2.45) is 0 Å². The zero-order valence-electron chi connectivity index (χ0n) is 25.2. The van der Waals surface area contributed by atoms with Gasteiger partial charge in [-0.1, -0.05) is 70.4 Å². The molecular weight excluding hydrogens is 482 g/mol. The molecule has 1 N–H and O–H groups in total. The van der Waals surface area contributed by atoms with Gasteiger partial charge < -0.3 is 29.0 Å². The number of hydrogen-bond acceptors (Lipinski definition) is 6. The molecule has 7 heteroatoms. The van der Waals surface area contributed by atoms with Crippen LogP contribution in [0.15, 0.2) is 12.2 Å². The zero-order valence-corrected chi connectivity index (χ0v) is 25.2. The second-order valence-corrected chi connectivity index (χ2v) is 10.7. The van der Waals surface area contributed by atoms with E-state index in [1.54, 1.807) is 21.3 Å². The molecule has 224 valence electrons. The lowest BCUT2D eigenvalue weighted by molar-refractivity contribution is -0.235. The summed E-state index contributed by atoms with van der Waals surface area (Å²) in [4.78, 5) is 12.8. The zero-order chi connectivity index (χ0) is 27.8. The first kappa shape index (κ1) is 35.0. The molecule has 0 saturated carbocycles. The molecule has 5 atom stereocenters. The fourth-order valence-corrected chi connectivity index (χ4v) is 4.86. The molecule has 1 aliphatic heterocycles. The first-order chi connectivity index (χ1) is 18.5. The van der Waals surface area contributed by atoms with E-state index in [0.29, 0.717) is 26.1 Å². The predicted octanol–water partition coefficient (Wildman–Crippen LogP) is 6.73. The maximum Gasteiger partial charge on any atom is 0.220 e. The van der Waals surface area contributed by atoms with Crippen LogP contribution < -0.4 is 5.32 Å². The number of amides is 1. The first-order valence-corrected chi connectivity index (χ1v) is 15.3. The summed E-state index contributed by atoms with van der Waals surface area (Å²) in [6, 6.07) is -0.344. The minimum atomic E-state index is -0.561. The number of methoxy groups -OCH3 is 3. The molecule has 0 spiro atoms. The van der Waals surface area contributed by atoms with Gasteiger partial charge in [-0.15, -0.1) is 0 Å². The molecular formula is C31H59NO6. The van der Waals surface area contributed by atoms with E-state index in [-0.39, 0.29) is 30.3 Å². The Morgan fingerprint density at radius 2 is 1.58 bits per heavy atom. The van der Waals surface area contributed by atoms with Crippen molar-refractivity contribution in [1.29, 1.82) is 0 Å². The van der Waals surface area contributed by atoms with E-state index in [1.807, 2.05) is 6.92 Å². The van der Waals surface area contributed by atoms with Gasteiger partial charge in [0.1, 0.15) is 6.04 Å². The van der Waals surface area contributed by atoms with Crippen LogP contribution in [0.25, 0.3) is 0 Å². The van der Waals surface area contributed by atoms with Crippen LogP contribution >= 0.6 is 0 Å². The topological polar surface area (TPSA) is 75.3 Å². The molecule has 0 bridgehead atoms. The Bertz CT molecular complexity index is 587. The van der Waals surface area contributed by atoms with Crippen LogP contribution in [0.3, 0.4) is 0 Å². The fourth-order valence-electron chi connectivity index (χ4n) is 4.86. The van der Waals surface area contributed by atoms with E-state index in [2.05, 4.69) is 24.4 Å².